The van der Waals surface area contributed by atoms with E-state index < -0.39 is 0 Å². The number of ether oxygens (including phenoxy) is 1. The van der Waals surface area contributed by atoms with Crippen LogP contribution in [0.3, 0.4) is 0 Å². The molecular weight excluding hydrogens is 176 g/mol. The highest BCUT2D eigenvalue weighted by Crippen LogP contribution is 2.09. The third-order valence-corrected chi connectivity index (χ3v) is 2.14. The van der Waals surface area contributed by atoms with Gasteiger partial charge in [-0.15, -0.1) is 0 Å². The summed E-state index contributed by atoms with van der Waals surface area (Å²) in [5, 5.41) is 0. The number of esters is 1. The summed E-state index contributed by atoms with van der Waals surface area (Å²) in [7, 11) is 0. The Morgan fingerprint density at radius 1 is 1.21 bits per heavy atom. The normalized spacial score (nSPS) is 11.5. The highest BCUT2D eigenvalue weighted by molar-refractivity contribution is 5.66. The molecule has 0 aromatic heterocycles. The first-order valence-corrected chi connectivity index (χ1v) is 5.45. The quantitative estimate of drug-likeness (QED) is 0.356. The van der Waals surface area contributed by atoms with Crippen molar-refractivity contribution in [3.05, 3.63) is 11.6 Å². The van der Waals surface area contributed by atoms with Crippen LogP contribution in [-0.4, -0.2) is 12.6 Å². The minimum Gasteiger partial charge on any atom is -0.462 e. The predicted octanol–water partition coefficient (Wildman–Crippen LogP) is 3.47. The van der Waals surface area contributed by atoms with Crippen LogP contribution in [0.25, 0.3) is 0 Å². The molecule has 0 atom stereocenters. The van der Waals surface area contributed by atoms with Crippen molar-refractivity contribution in [1.29, 1.82) is 0 Å². The third kappa shape index (κ3) is 9.30. The maximum atomic E-state index is 10.5. The molecule has 0 N–H and O–H groups in total. The first-order chi connectivity index (χ1) is 6.66. The second-order valence-corrected chi connectivity index (χ2v) is 3.66. The van der Waals surface area contributed by atoms with Gasteiger partial charge in [-0.2, -0.15) is 0 Å². The molecule has 0 saturated carbocycles. The van der Waals surface area contributed by atoms with Gasteiger partial charge in [-0.3, -0.25) is 4.79 Å². The van der Waals surface area contributed by atoms with Crippen molar-refractivity contribution in [3.8, 4) is 0 Å². The van der Waals surface area contributed by atoms with Crippen molar-refractivity contribution < 1.29 is 9.53 Å². The molecule has 0 unspecified atom stereocenters. The lowest BCUT2D eigenvalue weighted by atomic mass is 10.1. The lowest BCUT2D eigenvalue weighted by Gasteiger charge is -2.01. The van der Waals surface area contributed by atoms with Gasteiger partial charge in [-0.05, 0) is 25.8 Å². The Kier molecular flexibility index (Phi) is 8.30. The highest BCUT2D eigenvalue weighted by atomic mass is 16.5. The second-order valence-electron chi connectivity index (χ2n) is 3.66. The molecule has 0 amide bonds. The monoisotopic (exact) mass is 198 g/mol. The summed E-state index contributed by atoms with van der Waals surface area (Å²) in [5.74, 6) is -0.208. The third-order valence-electron chi connectivity index (χ3n) is 2.14. The van der Waals surface area contributed by atoms with Crippen LogP contribution >= 0.6 is 0 Å². The highest BCUT2D eigenvalue weighted by Gasteiger charge is 1.92. The number of carbonyl (C=O) groups excluding carboxylic acids is 1. The summed E-state index contributed by atoms with van der Waals surface area (Å²) in [4.78, 5) is 10.5. The smallest absolute Gasteiger partial charge is 0.302 e. The lowest BCUT2D eigenvalue weighted by Crippen LogP contribution is -1.98. The lowest BCUT2D eigenvalue weighted by molar-refractivity contribution is -0.139. The van der Waals surface area contributed by atoms with Gasteiger partial charge >= 0.3 is 5.97 Å². The Bertz CT molecular complexity index is 183. The SMILES string of the molecule is CCCCCCC(C)=CCOC(C)=O. The van der Waals surface area contributed by atoms with E-state index in [1.54, 1.807) is 0 Å². The van der Waals surface area contributed by atoms with E-state index in [0.717, 1.165) is 6.42 Å². The molecule has 0 aromatic rings. The fourth-order valence-electron chi connectivity index (χ4n) is 1.23. The molecule has 82 valence electrons. The zero-order valence-electron chi connectivity index (χ0n) is 9.64. The van der Waals surface area contributed by atoms with Crippen molar-refractivity contribution in [2.45, 2.75) is 52.9 Å². The molecule has 0 aromatic carbocycles. The van der Waals surface area contributed by atoms with Crippen molar-refractivity contribution in [1.82, 2.24) is 0 Å². The number of unbranched alkanes of at least 4 members (excludes halogenated alkanes) is 3. The fourth-order valence-corrected chi connectivity index (χ4v) is 1.23. The Hall–Kier alpha value is -0.790. The van der Waals surface area contributed by atoms with Gasteiger partial charge in [0.2, 0.25) is 0 Å². The largest absolute Gasteiger partial charge is 0.462 e. The molecule has 0 saturated heterocycles. The molecule has 2 nitrogen and oxygen atoms in total. The molecule has 0 rings (SSSR count). The first-order valence-electron chi connectivity index (χ1n) is 5.45. The maximum absolute atomic E-state index is 10.5. The summed E-state index contributed by atoms with van der Waals surface area (Å²) >= 11 is 0. The molecule has 2 heteroatoms. The van der Waals surface area contributed by atoms with Gasteiger partial charge in [0.05, 0.1) is 0 Å². The van der Waals surface area contributed by atoms with E-state index in [-0.39, 0.29) is 5.97 Å². The molecule has 14 heavy (non-hydrogen) atoms. The van der Waals surface area contributed by atoms with E-state index in [2.05, 4.69) is 13.8 Å². The van der Waals surface area contributed by atoms with Crippen LogP contribution < -0.4 is 0 Å². The van der Waals surface area contributed by atoms with Crippen molar-refractivity contribution in [2.24, 2.45) is 0 Å². The van der Waals surface area contributed by atoms with Crippen molar-refractivity contribution in [2.75, 3.05) is 6.61 Å². The number of carbonyl (C=O) groups is 1. The van der Waals surface area contributed by atoms with E-state index in [1.807, 2.05) is 6.08 Å². The first kappa shape index (κ1) is 13.2. The zero-order chi connectivity index (χ0) is 10.8. The maximum Gasteiger partial charge on any atom is 0.302 e. The predicted molar refractivity (Wildman–Crippen MR) is 59.1 cm³/mol. The average molecular weight is 198 g/mol. The fraction of sp³-hybridized carbons (Fsp3) is 0.750. The standard InChI is InChI=1S/C12H22O2/c1-4-5-6-7-8-11(2)9-10-14-12(3)13/h9H,4-8,10H2,1-3H3. The Balaban J connectivity index is 3.42. The molecular formula is C12H22O2. The Morgan fingerprint density at radius 2 is 1.93 bits per heavy atom. The van der Waals surface area contributed by atoms with Gasteiger partial charge in [-0.1, -0.05) is 31.8 Å². The molecule has 0 bridgehead atoms. The van der Waals surface area contributed by atoms with E-state index in [1.165, 1.54) is 38.2 Å². The minimum atomic E-state index is -0.208. The Labute approximate surface area is 87.3 Å². The topological polar surface area (TPSA) is 26.3 Å². The van der Waals surface area contributed by atoms with Crippen molar-refractivity contribution in [3.63, 3.8) is 0 Å². The van der Waals surface area contributed by atoms with Gasteiger partial charge in [0.1, 0.15) is 6.61 Å². The van der Waals surface area contributed by atoms with Crippen LogP contribution in [-0.2, 0) is 9.53 Å². The van der Waals surface area contributed by atoms with Gasteiger partial charge in [0.15, 0.2) is 0 Å². The van der Waals surface area contributed by atoms with Crippen LogP contribution in [0.2, 0.25) is 0 Å². The molecule has 0 spiro atoms. The molecule has 0 radical (unpaired) electrons. The van der Waals surface area contributed by atoms with E-state index >= 15 is 0 Å². The number of hydrogen-bond acceptors (Lipinski definition) is 2. The summed E-state index contributed by atoms with van der Waals surface area (Å²) in [5.41, 5.74) is 1.32. The van der Waals surface area contributed by atoms with E-state index in [4.69, 9.17) is 4.74 Å². The summed E-state index contributed by atoms with van der Waals surface area (Å²) in [6, 6.07) is 0. The van der Waals surface area contributed by atoms with Gasteiger partial charge < -0.3 is 4.74 Å². The van der Waals surface area contributed by atoms with Crippen LogP contribution in [0.1, 0.15) is 52.9 Å². The average Bonchev–Trinajstić information content (AvgIpc) is 2.12. The second kappa shape index (κ2) is 8.79. The summed E-state index contributed by atoms with van der Waals surface area (Å²) < 4.78 is 4.82. The molecule has 0 aliphatic rings. The van der Waals surface area contributed by atoms with E-state index in [0.29, 0.717) is 6.61 Å². The van der Waals surface area contributed by atoms with Crippen LogP contribution in [0.5, 0.6) is 0 Å². The summed E-state index contributed by atoms with van der Waals surface area (Å²) in [6.07, 6.45) is 8.26. The Morgan fingerprint density at radius 3 is 2.50 bits per heavy atom. The van der Waals surface area contributed by atoms with Crippen LogP contribution in [0.4, 0.5) is 0 Å². The number of allylic oxidation sites excluding steroid dienone is 1. The minimum absolute atomic E-state index is 0.208. The number of rotatable bonds is 7. The molecule has 0 aliphatic heterocycles. The molecule has 0 aliphatic carbocycles. The molecule has 0 heterocycles. The number of hydrogen-bond donors (Lipinski definition) is 0. The van der Waals surface area contributed by atoms with Gasteiger partial charge in [0, 0.05) is 6.92 Å². The van der Waals surface area contributed by atoms with Crippen LogP contribution in [0, 0.1) is 0 Å². The molecule has 0 fully saturated rings. The van der Waals surface area contributed by atoms with Gasteiger partial charge in [-0.25, -0.2) is 0 Å². The van der Waals surface area contributed by atoms with Gasteiger partial charge in [0.25, 0.3) is 0 Å². The van der Waals surface area contributed by atoms with E-state index in [9.17, 15) is 4.79 Å². The summed E-state index contributed by atoms with van der Waals surface area (Å²) in [6.45, 7) is 6.16. The van der Waals surface area contributed by atoms with Crippen molar-refractivity contribution >= 4 is 5.97 Å². The van der Waals surface area contributed by atoms with Crippen LogP contribution in [0.15, 0.2) is 11.6 Å². The zero-order valence-corrected chi connectivity index (χ0v) is 9.64.